The highest BCUT2D eigenvalue weighted by Gasteiger charge is 2.21. The number of nitrogens with zero attached hydrogens (tertiary/aromatic N) is 3. The first-order chi connectivity index (χ1) is 14.2. The van der Waals surface area contributed by atoms with E-state index in [1.807, 2.05) is 30.3 Å². The molecule has 1 saturated carbocycles. The number of rotatable bonds is 6. The average molecular weight is 391 g/mol. The number of nitro benzene ring substituents is 1. The molecule has 0 radical (unpaired) electrons. The van der Waals surface area contributed by atoms with E-state index in [1.54, 1.807) is 12.1 Å². The smallest absolute Gasteiger partial charge is 0.293 e. The van der Waals surface area contributed by atoms with Gasteiger partial charge in [-0.15, -0.1) is 0 Å². The number of anilines is 2. The third-order valence-electron chi connectivity index (χ3n) is 5.47. The molecule has 1 fully saturated rings. The Morgan fingerprint density at radius 3 is 2.52 bits per heavy atom. The van der Waals surface area contributed by atoms with Crippen LogP contribution in [-0.2, 0) is 6.54 Å². The van der Waals surface area contributed by atoms with Crippen LogP contribution in [0.15, 0.2) is 48.8 Å². The fourth-order valence-electron chi connectivity index (χ4n) is 3.92. The molecule has 0 spiro atoms. The summed E-state index contributed by atoms with van der Waals surface area (Å²) in [5.74, 6) is 0.600. The molecule has 0 amide bonds. The molecular weight excluding hydrogens is 366 g/mol. The fourth-order valence-corrected chi connectivity index (χ4v) is 3.92. The third-order valence-corrected chi connectivity index (χ3v) is 5.47. The second-order valence-electron chi connectivity index (χ2n) is 7.54. The van der Waals surface area contributed by atoms with Gasteiger partial charge in [0, 0.05) is 24.0 Å². The molecular formula is C22H25N5O2. The van der Waals surface area contributed by atoms with Crippen molar-refractivity contribution in [1.82, 2.24) is 9.97 Å². The maximum Gasteiger partial charge on any atom is 0.293 e. The van der Waals surface area contributed by atoms with Crippen molar-refractivity contribution in [2.45, 2.75) is 51.1 Å². The van der Waals surface area contributed by atoms with Crippen molar-refractivity contribution in [2.24, 2.45) is 0 Å². The normalized spacial score (nSPS) is 15.0. The summed E-state index contributed by atoms with van der Waals surface area (Å²) in [5.41, 5.74) is 2.42. The monoisotopic (exact) mass is 391 g/mol. The summed E-state index contributed by atoms with van der Waals surface area (Å²) in [6, 6.07) is 13.6. The lowest BCUT2D eigenvalue weighted by molar-refractivity contribution is -0.383. The zero-order chi connectivity index (χ0) is 20.1. The van der Waals surface area contributed by atoms with Crippen LogP contribution >= 0.6 is 0 Å². The van der Waals surface area contributed by atoms with Crippen LogP contribution in [-0.4, -0.2) is 20.9 Å². The van der Waals surface area contributed by atoms with E-state index in [1.165, 1.54) is 19.2 Å². The SMILES string of the molecule is O=[N+]([O-])c1cc2c(NCc3ccccc3)ncnc2cc1NC1CCCCCC1. The summed E-state index contributed by atoms with van der Waals surface area (Å²) >= 11 is 0. The molecule has 150 valence electrons. The standard InChI is InChI=1S/C22H25N5O2/c28-27(29)21-12-18-19(13-20(21)26-17-10-6-1-2-7-11-17)24-15-25-22(18)23-14-16-8-4-3-5-9-16/h3-5,8-9,12-13,15,17,26H,1-2,6-7,10-11,14H2,(H,23,24,25). The lowest BCUT2D eigenvalue weighted by Crippen LogP contribution is -2.19. The van der Waals surface area contributed by atoms with Gasteiger partial charge in [0.1, 0.15) is 17.8 Å². The van der Waals surface area contributed by atoms with Crippen LogP contribution in [0.2, 0.25) is 0 Å². The van der Waals surface area contributed by atoms with E-state index in [0.29, 0.717) is 29.0 Å². The average Bonchev–Trinajstić information content (AvgIpc) is 3.01. The number of nitrogens with one attached hydrogen (secondary N) is 2. The second-order valence-corrected chi connectivity index (χ2v) is 7.54. The first-order valence-electron chi connectivity index (χ1n) is 10.2. The van der Waals surface area contributed by atoms with E-state index < -0.39 is 0 Å². The summed E-state index contributed by atoms with van der Waals surface area (Å²) in [5, 5.41) is 19.1. The number of benzene rings is 2. The van der Waals surface area contributed by atoms with Gasteiger partial charge in [-0.2, -0.15) is 0 Å². The molecule has 1 aromatic heterocycles. The molecule has 4 rings (SSSR count). The van der Waals surface area contributed by atoms with E-state index in [4.69, 9.17) is 0 Å². The zero-order valence-electron chi connectivity index (χ0n) is 16.3. The highest BCUT2D eigenvalue weighted by molar-refractivity contribution is 5.94. The van der Waals surface area contributed by atoms with Gasteiger partial charge in [-0.25, -0.2) is 9.97 Å². The second kappa shape index (κ2) is 8.86. The topological polar surface area (TPSA) is 93.0 Å². The van der Waals surface area contributed by atoms with Crippen LogP contribution in [0.4, 0.5) is 17.2 Å². The summed E-state index contributed by atoms with van der Waals surface area (Å²) in [6.45, 7) is 0.586. The molecule has 7 heteroatoms. The minimum atomic E-state index is -0.327. The predicted octanol–water partition coefficient (Wildman–Crippen LogP) is 5.28. The van der Waals surface area contributed by atoms with Crippen molar-refractivity contribution in [3.63, 3.8) is 0 Å². The molecule has 1 aliphatic carbocycles. The molecule has 3 aromatic rings. The number of hydrogen-bond acceptors (Lipinski definition) is 6. The van der Waals surface area contributed by atoms with E-state index in [2.05, 4.69) is 20.6 Å². The van der Waals surface area contributed by atoms with Crippen LogP contribution in [0.1, 0.15) is 44.1 Å². The van der Waals surface area contributed by atoms with Gasteiger partial charge in [0.25, 0.3) is 5.69 Å². The Balaban J connectivity index is 1.64. The van der Waals surface area contributed by atoms with Crippen molar-refractivity contribution >= 4 is 28.1 Å². The van der Waals surface area contributed by atoms with E-state index in [0.717, 1.165) is 31.2 Å². The quantitative estimate of drug-likeness (QED) is 0.337. The van der Waals surface area contributed by atoms with Crippen LogP contribution in [0, 0.1) is 10.1 Å². The van der Waals surface area contributed by atoms with Crippen molar-refractivity contribution in [2.75, 3.05) is 10.6 Å². The van der Waals surface area contributed by atoms with Gasteiger partial charge < -0.3 is 10.6 Å². The Morgan fingerprint density at radius 2 is 1.79 bits per heavy atom. The van der Waals surface area contributed by atoms with Gasteiger partial charge in [-0.1, -0.05) is 56.0 Å². The Labute approximate surface area is 169 Å². The van der Waals surface area contributed by atoms with Crippen molar-refractivity contribution in [3.05, 3.63) is 64.5 Å². The van der Waals surface area contributed by atoms with Crippen LogP contribution in [0.5, 0.6) is 0 Å². The lowest BCUT2D eigenvalue weighted by Gasteiger charge is -2.18. The molecule has 1 aliphatic rings. The Bertz CT molecular complexity index is 985. The fraction of sp³-hybridized carbons (Fsp3) is 0.364. The minimum Gasteiger partial charge on any atom is -0.377 e. The molecule has 2 N–H and O–H groups in total. The van der Waals surface area contributed by atoms with Gasteiger partial charge in [0.15, 0.2) is 0 Å². The van der Waals surface area contributed by atoms with Gasteiger partial charge in [0.05, 0.1) is 10.4 Å². The van der Waals surface area contributed by atoms with E-state index >= 15 is 0 Å². The van der Waals surface area contributed by atoms with Crippen LogP contribution in [0.3, 0.4) is 0 Å². The van der Waals surface area contributed by atoms with E-state index in [9.17, 15) is 10.1 Å². The van der Waals surface area contributed by atoms with Gasteiger partial charge >= 0.3 is 0 Å². The Morgan fingerprint density at radius 1 is 1.03 bits per heavy atom. The van der Waals surface area contributed by atoms with Gasteiger partial charge in [0.2, 0.25) is 0 Å². The van der Waals surface area contributed by atoms with Crippen molar-refractivity contribution < 1.29 is 4.92 Å². The highest BCUT2D eigenvalue weighted by atomic mass is 16.6. The molecule has 0 aliphatic heterocycles. The molecule has 0 saturated heterocycles. The van der Waals surface area contributed by atoms with Crippen molar-refractivity contribution in [1.29, 1.82) is 0 Å². The molecule has 2 aromatic carbocycles. The molecule has 1 heterocycles. The predicted molar refractivity (Wildman–Crippen MR) is 115 cm³/mol. The zero-order valence-corrected chi connectivity index (χ0v) is 16.3. The Hall–Kier alpha value is -3.22. The number of fused-ring (bicyclic) bond motifs is 1. The largest absolute Gasteiger partial charge is 0.377 e. The van der Waals surface area contributed by atoms with Crippen LogP contribution < -0.4 is 10.6 Å². The number of nitro groups is 1. The third kappa shape index (κ3) is 4.62. The molecule has 29 heavy (non-hydrogen) atoms. The molecule has 0 bridgehead atoms. The van der Waals surface area contributed by atoms with Gasteiger partial charge in [-0.05, 0) is 24.5 Å². The van der Waals surface area contributed by atoms with Crippen molar-refractivity contribution in [3.8, 4) is 0 Å². The number of hydrogen-bond donors (Lipinski definition) is 2. The molecule has 0 atom stereocenters. The first-order valence-corrected chi connectivity index (χ1v) is 10.2. The Kier molecular flexibility index (Phi) is 5.84. The minimum absolute atomic E-state index is 0.0688. The number of aromatic nitrogens is 2. The lowest BCUT2D eigenvalue weighted by atomic mass is 10.1. The van der Waals surface area contributed by atoms with Gasteiger partial charge in [-0.3, -0.25) is 10.1 Å². The van der Waals surface area contributed by atoms with E-state index in [-0.39, 0.29) is 16.7 Å². The summed E-state index contributed by atoms with van der Waals surface area (Å²) in [6.07, 6.45) is 8.38. The maximum absolute atomic E-state index is 11.8. The molecule has 0 unspecified atom stereocenters. The summed E-state index contributed by atoms with van der Waals surface area (Å²) in [4.78, 5) is 20.1. The van der Waals surface area contributed by atoms with Crippen LogP contribution in [0.25, 0.3) is 10.9 Å². The molecule has 7 nitrogen and oxygen atoms in total. The summed E-state index contributed by atoms with van der Waals surface area (Å²) in [7, 11) is 0. The maximum atomic E-state index is 11.8. The summed E-state index contributed by atoms with van der Waals surface area (Å²) < 4.78 is 0. The highest BCUT2D eigenvalue weighted by Crippen LogP contribution is 2.34. The first kappa shape index (κ1) is 19.1.